The summed E-state index contributed by atoms with van der Waals surface area (Å²) in [5.41, 5.74) is 1.42. The third-order valence-corrected chi connectivity index (χ3v) is 5.92. The van der Waals surface area contributed by atoms with Crippen molar-refractivity contribution in [3.63, 3.8) is 0 Å². The number of carbonyl (C=O) groups excluding carboxylic acids is 1. The summed E-state index contributed by atoms with van der Waals surface area (Å²) in [6.07, 6.45) is 7.40. The Morgan fingerprint density at radius 2 is 2.00 bits per heavy atom. The molecule has 1 fully saturated rings. The number of hydrogen-bond acceptors (Lipinski definition) is 5. The minimum atomic E-state index is -0.868. The van der Waals surface area contributed by atoms with E-state index in [4.69, 9.17) is 4.74 Å². The Balaban J connectivity index is 1.39. The van der Waals surface area contributed by atoms with Gasteiger partial charge in [-0.05, 0) is 37.6 Å². The zero-order valence-corrected chi connectivity index (χ0v) is 18.0. The molecule has 0 spiro atoms. The highest BCUT2D eigenvalue weighted by Gasteiger charge is 2.29. The molecule has 0 radical (unpaired) electrons. The molecule has 0 aromatic heterocycles. The van der Waals surface area contributed by atoms with Crippen molar-refractivity contribution in [3.8, 4) is 6.07 Å². The number of benzene rings is 1. The van der Waals surface area contributed by atoms with Gasteiger partial charge in [0.05, 0.1) is 12.6 Å². The third-order valence-electron chi connectivity index (χ3n) is 5.92. The van der Waals surface area contributed by atoms with Crippen LogP contribution < -0.4 is 5.32 Å². The maximum absolute atomic E-state index is 12.2. The molecule has 1 heterocycles. The molecule has 1 aromatic carbocycles. The molecule has 1 unspecified atom stereocenters. The summed E-state index contributed by atoms with van der Waals surface area (Å²) in [5.74, 6) is 0.170. The van der Waals surface area contributed by atoms with E-state index in [0.29, 0.717) is 13.0 Å². The summed E-state index contributed by atoms with van der Waals surface area (Å²) >= 11 is 0. The highest BCUT2D eigenvalue weighted by atomic mass is 16.5. The van der Waals surface area contributed by atoms with Crippen LogP contribution in [0.2, 0.25) is 0 Å². The van der Waals surface area contributed by atoms with Crippen molar-refractivity contribution >= 4 is 11.5 Å². The summed E-state index contributed by atoms with van der Waals surface area (Å²) in [4.78, 5) is 16.5. The second-order valence-corrected chi connectivity index (χ2v) is 7.94. The molecule has 1 aliphatic carbocycles. The highest BCUT2D eigenvalue weighted by molar-refractivity contribution is 5.81. The van der Waals surface area contributed by atoms with E-state index in [2.05, 4.69) is 34.5 Å². The number of piperazine rings is 1. The number of hydrogen-bond donors (Lipinski definition) is 1. The molecule has 1 saturated heterocycles. The Kier molecular flexibility index (Phi) is 7.81. The Morgan fingerprint density at radius 3 is 2.60 bits per heavy atom. The van der Waals surface area contributed by atoms with Gasteiger partial charge in [-0.1, -0.05) is 42.5 Å². The van der Waals surface area contributed by atoms with Crippen molar-refractivity contribution in [2.24, 2.45) is 0 Å². The van der Waals surface area contributed by atoms with Crippen LogP contribution in [0.3, 0.4) is 0 Å². The van der Waals surface area contributed by atoms with Gasteiger partial charge in [0.1, 0.15) is 6.07 Å². The van der Waals surface area contributed by atoms with Crippen LogP contribution in [-0.2, 0) is 9.53 Å². The van der Waals surface area contributed by atoms with Gasteiger partial charge in [-0.3, -0.25) is 9.69 Å². The minimum absolute atomic E-state index is 0.132. The average molecular weight is 409 g/mol. The van der Waals surface area contributed by atoms with E-state index in [0.717, 1.165) is 50.3 Å². The molecule has 6 nitrogen and oxygen atoms in total. The van der Waals surface area contributed by atoms with Crippen LogP contribution in [0.15, 0.2) is 48.6 Å². The van der Waals surface area contributed by atoms with Crippen molar-refractivity contribution in [3.05, 3.63) is 54.1 Å². The van der Waals surface area contributed by atoms with Gasteiger partial charge in [0, 0.05) is 39.1 Å². The van der Waals surface area contributed by atoms with Gasteiger partial charge in [-0.2, -0.15) is 5.26 Å². The lowest BCUT2D eigenvalue weighted by Gasteiger charge is -2.36. The van der Waals surface area contributed by atoms with Crippen molar-refractivity contribution in [1.29, 1.82) is 5.26 Å². The molecule has 1 amide bonds. The molecule has 2 atom stereocenters. The number of nitrogens with one attached hydrogen (secondary N) is 1. The first kappa shape index (κ1) is 22.2. The fraction of sp³-hybridized carbons (Fsp3) is 0.500. The molecule has 6 heteroatoms. The molecule has 0 bridgehead atoms. The lowest BCUT2D eigenvalue weighted by atomic mass is 9.90. The fourth-order valence-electron chi connectivity index (χ4n) is 3.82. The van der Waals surface area contributed by atoms with Crippen LogP contribution in [-0.4, -0.2) is 73.7 Å². The Hall–Kier alpha value is -2.46. The van der Waals surface area contributed by atoms with Gasteiger partial charge in [0.15, 0.2) is 5.60 Å². The van der Waals surface area contributed by atoms with Crippen molar-refractivity contribution < 1.29 is 9.53 Å². The zero-order chi connectivity index (χ0) is 21.4. The number of rotatable bonds is 8. The molecule has 30 heavy (non-hydrogen) atoms. The van der Waals surface area contributed by atoms with E-state index in [1.54, 1.807) is 0 Å². The van der Waals surface area contributed by atoms with Crippen LogP contribution in [0, 0.1) is 11.3 Å². The van der Waals surface area contributed by atoms with E-state index >= 15 is 0 Å². The van der Waals surface area contributed by atoms with Crippen LogP contribution in [0.1, 0.15) is 25.3 Å². The van der Waals surface area contributed by atoms with E-state index in [1.165, 1.54) is 0 Å². The second kappa shape index (κ2) is 10.5. The van der Waals surface area contributed by atoms with E-state index < -0.39 is 5.60 Å². The van der Waals surface area contributed by atoms with Gasteiger partial charge in [0.25, 0.3) is 0 Å². The largest absolute Gasteiger partial charge is 0.356 e. The summed E-state index contributed by atoms with van der Waals surface area (Å²) in [7, 11) is 1.81. The second-order valence-electron chi connectivity index (χ2n) is 7.94. The van der Waals surface area contributed by atoms with Gasteiger partial charge < -0.3 is 15.0 Å². The van der Waals surface area contributed by atoms with Crippen LogP contribution in [0.4, 0.5) is 0 Å². The van der Waals surface area contributed by atoms with Crippen LogP contribution in [0.5, 0.6) is 0 Å². The normalized spacial score (nSPS) is 23.0. The first-order valence-corrected chi connectivity index (χ1v) is 10.8. The quantitative estimate of drug-likeness (QED) is 0.669. The smallest absolute Gasteiger partial charge is 0.239 e. The van der Waals surface area contributed by atoms with Gasteiger partial charge in [-0.15, -0.1) is 0 Å². The van der Waals surface area contributed by atoms with Gasteiger partial charge >= 0.3 is 0 Å². The van der Waals surface area contributed by atoms with Gasteiger partial charge in [-0.25, -0.2) is 0 Å². The molecular weight excluding hydrogens is 376 g/mol. The molecule has 1 aliphatic heterocycles. The summed E-state index contributed by atoms with van der Waals surface area (Å²) < 4.78 is 6.01. The Labute approximate surface area is 179 Å². The number of amides is 1. The summed E-state index contributed by atoms with van der Waals surface area (Å²) in [6.45, 7) is 6.66. The predicted molar refractivity (Wildman–Crippen MR) is 119 cm³/mol. The number of likely N-dealkylation sites (N-methyl/N-ethyl adjacent to an activating group) is 1. The zero-order valence-electron chi connectivity index (χ0n) is 18.0. The molecule has 2 aliphatic rings. The molecule has 160 valence electrons. The lowest BCUT2D eigenvalue weighted by molar-refractivity contribution is -0.134. The molecular formula is C24H32N4O2. The minimum Gasteiger partial charge on any atom is -0.356 e. The highest BCUT2D eigenvalue weighted by Crippen LogP contribution is 2.29. The standard InChI is InChI=1S/C24H32N4O2/c1-20(26-2)23(29)28-16-14-27(15-17-28)13-6-18-30-24(19-25)11-9-22(10-12-24)21-7-4-3-5-8-21/h3-5,7-11,20,26H,6,12-18H2,1-2H3/t20-,24?/m1/s1. The number of nitriles is 1. The number of allylic oxidation sites excluding steroid dienone is 2. The van der Waals surface area contributed by atoms with Crippen LogP contribution in [0.25, 0.3) is 5.57 Å². The maximum Gasteiger partial charge on any atom is 0.239 e. The number of ether oxygens (including phenoxy) is 1. The van der Waals surface area contributed by atoms with Gasteiger partial charge in [0.2, 0.25) is 5.91 Å². The predicted octanol–water partition coefficient (Wildman–Crippen LogP) is 2.45. The number of nitrogens with zero attached hydrogens (tertiary/aromatic N) is 3. The number of carbonyl (C=O) groups is 1. The molecule has 1 N–H and O–H groups in total. The lowest BCUT2D eigenvalue weighted by Crippen LogP contribution is -2.53. The summed E-state index contributed by atoms with van der Waals surface area (Å²) in [6, 6.07) is 12.4. The Bertz CT molecular complexity index is 806. The van der Waals surface area contributed by atoms with Crippen molar-refractivity contribution in [1.82, 2.24) is 15.1 Å². The fourth-order valence-corrected chi connectivity index (χ4v) is 3.82. The van der Waals surface area contributed by atoms with E-state index in [9.17, 15) is 10.1 Å². The molecule has 3 rings (SSSR count). The first-order chi connectivity index (χ1) is 14.6. The Morgan fingerprint density at radius 1 is 1.27 bits per heavy atom. The monoisotopic (exact) mass is 408 g/mol. The third kappa shape index (κ3) is 5.57. The van der Waals surface area contributed by atoms with Crippen LogP contribution >= 0.6 is 0 Å². The van der Waals surface area contributed by atoms with Crippen molar-refractivity contribution in [2.75, 3.05) is 46.4 Å². The average Bonchev–Trinajstić information content (AvgIpc) is 2.82. The topological polar surface area (TPSA) is 68.6 Å². The van der Waals surface area contributed by atoms with Crippen molar-refractivity contribution in [2.45, 2.75) is 31.4 Å². The van der Waals surface area contributed by atoms with E-state index in [1.807, 2.05) is 49.2 Å². The molecule has 0 saturated carbocycles. The summed E-state index contributed by atoms with van der Waals surface area (Å²) in [5, 5.41) is 12.7. The molecule has 1 aromatic rings. The SMILES string of the molecule is CN[C@H](C)C(=O)N1CCN(CCCOC2(C#N)C=CC(c3ccccc3)=CC2)CC1. The van der Waals surface area contributed by atoms with E-state index in [-0.39, 0.29) is 11.9 Å². The maximum atomic E-state index is 12.2. The first-order valence-electron chi connectivity index (χ1n) is 10.8.